The largest absolute Gasteiger partial charge is 0.378 e. The summed E-state index contributed by atoms with van der Waals surface area (Å²) in [6, 6.07) is 0.170. The van der Waals surface area contributed by atoms with Gasteiger partial charge in [0, 0.05) is 25.5 Å². The molecule has 2 unspecified atom stereocenters. The summed E-state index contributed by atoms with van der Waals surface area (Å²) in [4.78, 5) is 16.6. The van der Waals surface area contributed by atoms with Gasteiger partial charge in [-0.15, -0.1) is 0 Å². The topological polar surface area (TPSA) is 62.7 Å². The number of ether oxygens (including phenoxy) is 1. The number of amides is 1. The van der Waals surface area contributed by atoms with Crippen molar-refractivity contribution in [3.8, 4) is 0 Å². The second-order valence-corrected chi connectivity index (χ2v) is 5.84. The molecule has 0 aromatic rings. The molecule has 5 nitrogen and oxygen atoms in total. The Hall–Kier alpha value is -1.10. The van der Waals surface area contributed by atoms with Gasteiger partial charge < -0.3 is 10.1 Å². The first-order chi connectivity index (χ1) is 8.43. The van der Waals surface area contributed by atoms with E-state index in [9.17, 15) is 4.79 Å². The van der Waals surface area contributed by atoms with E-state index in [-0.39, 0.29) is 18.1 Å². The summed E-state index contributed by atoms with van der Waals surface area (Å²) in [5, 5.41) is 6.13. The van der Waals surface area contributed by atoms with Crippen LogP contribution in [0.5, 0.6) is 0 Å². The van der Waals surface area contributed by atoms with E-state index in [0.29, 0.717) is 31.3 Å². The molecule has 0 bridgehead atoms. The molecule has 2 N–H and O–H groups in total. The zero-order chi connectivity index (χ0) is 13.3. The van der Waals surface area contributed by atoms with Gasteiger partial charge in [0.2, 0.25) is 0 Å². The lowest BCUT2D eigenvalue weighted by Crippen LogP contribution is -2.54. The maximum Gasteiger partial charge on any atom is 0.252 e. The molecule has 0 radical (unpaired) electrons. The number of carbonyl (C=O) groups excluding carboxylic acids is 1. The van der Waals surface area contributed by atoms with Gasteiger partial charge in [0.15, 0.2) is 5.96 Å². The van der Waals surface area contributed by atoms with Gasteiger partial charge in [-0.25, -0.2) is 0 Å². The lowest BCUT2D eigenvalue weighted by molar-refractivity contribution is -0.131. The first kappa shape index (κ1) is 13.3. The maximum atomic E-state index is 12.2. The van der Waals surface area contributed by atoms with Crippen molar-refractivity contribution in [2.75, 3.05) is 6.61 Å². The van der Waals surface area contributed by atoms with Gasteiger partial charge in [0.05, 0.1) is 6.10 Å². The number of carbonyl (C=O) groups is 1. The number of guanidine groups is 1. The molecule has 2 aliphatic heterocycles. The Morgan fingerprint density at radius 3 is 2.72 bits per heavy atom. The van der Waals surface area contributed by atoms with E-state index in [4.69, 9.17) is 4.74 Å². The number of rotatable bonds is 2. The van der Waals surface area contributed by atoms with Crippen LogP contribution in [0.4, 0.5) is 0 Å². The van der Waals surface area contributed by atoms with Crippen LogP contribution >= 0.6 is 0 Å². The van der Waals surface area contributed by atoms with Crippen molar-refractivity contribution in [2.45, 2.75) is 58.2 Å². The van der Waals surface area contributed by atoms with E-state index in [0.717, 1.165) is 0 Å². The third-order valence-corrected chi connectivity index (χ3v) is 3.57. The normalized spacial score (nSPS) is 34.4. The van der Waals surface area contributed by atoms with Crippen LogP contribution in [0.1, 0.15) is 40.5 Å². The predicted octanol–water partition coefficient (Wildman–Crippen LogP) is 1.04. The van der Waals surface area contributed by atoms with Crippen LogP contribution in [0.25, 0.3) is 0 Å². The minimum atomic E-state index is -0.513. The molecule has 2 fully saturated rings. The van der Waals surface area contributed by atoms with Crippen LogP contribution in [-0.2, 0) is 9.53 Å². The summed E-state index contributed by atoms with van der Waals surface area (Å²) in [5.74, 6) is 1.07. The minimum absolute atomic E-state index is 0.0378. The summed E-state index contributed by atoms with van der Waals surface area (Å²) in [6.07, 6.45) is 1.56. The Labute approximate surface area is 108 Å². The van der Waals surface area contributed by atoms with Crippen molar-refractivity contribution < 1.29 is 9.53 Å². The van der Waals surface area contributed by atoms with Crippen molar-refractivity contribution in [1.82, 2.24) is 10.6 Å². The third kappa shape index (κ3) is 2.51. The third-order valence-electron chi connectivity index (χ3n) is 3.57. The second-order valence-electron chi connectivity index (χ2n) is 5.84. The molecule has 18 heavy (non-hydrogen) atoms. The van der Waals surface area contributed by atoms with Gasteiger partial charge in [-0.1, -0.05) is 13.8 Å². The van der Waals surface area contributed by atoms with E-state index in [1.54, 1.807) is 0 Å². The van der Waals surface area contributed by atoms with Crippen LogP contribution in [0, 0.1) is 5.92 Å². The molecule has 0 aromatic carbocycles. The van der Waals surface area contributed by atoms with E-state index in [2.05, 4.69) is 29.5 Å². The van der Waals surface area contributed by atoms with Gasteiger partial charge in [0.1, 0.15) is 5.54 Å². The smallest absolute Gasteiger partial charge is 0.252 e. The summed E-state index contributed by atoms with van der Waals surface area (Å²) >= 11 is 0. The molecule has 2 saturated heterocycles. The van der Waals surface area contributed by atoms with Crippen LogP contribution < -0.4 is 10.6 Å². The second kappa shape index (κ2) is 4.88. The molecule has 2 heterocycles. The molecular formula is C13H23N3O2. The monoisotopic (exact) mass is 253 g/mol. The lowest BCUT2D eigenvalue weighted by atomic mass is 9.83. The summed E-state index contributed by atoms with van der Waals surface area (Å²) < 4.78 is 5.73. The van der Waals surface area contributed by atoms with Crippen molar-refractivity contribution >= 4 is 11.9 Å². The van der Waals surface area contributed by atoms with Gasteiger partial charge in [0.25, 0.3) is 5.91 Å². The highest BCUT2D eigenvalue weighted by atomic mass is 16.5. The fraction of sp³-hybridized carbons (Fsp3) is 0.846. The Morgan fingerprint density at radius 2 is 2.11 bits per heavy atom. The average molecular weight is 253 g/mol. The lowest BCUT2D eigenvalue weighted by Gasteiger charge is -2.37. The standard InChI is InChI=1S/C13H23N3O2/c1-8(2)10-7-13(5-6-18-10)11(17)15-12(16-13)14-9(3)4/h8-10H,5-7H2,1-4H3,(H2,14,15,16,17). The van der Waals surface area contributed by atoms with E-state index in [1.165, 1.54) is 0 Å². The average Bonchev–Trinajstić information content (AvgIpc) is 2.54. The Bertz CT molecular complexity index is 365. The number of hydrogen-bond donors (Lipinski definition) is 2. The Balaban J connectivity index is 2.14. The zero-order valence-electron chi connectivity index (χ0n) is 11.6. The summed E-state index contributed by atoms with van der Waals surface area (Å²) in [7, 11) is 0. The highest BCUT2D eigenvalue weighted by Crippen LogP contribution is 2.30. The van der Waals surface area contributed by atoms with E-state index >= 15 is 0 Å². The first-order valence-corrected chi connectivity index (χ1v) is 6.72. The molecule has 2 atom stereocenters. The summed E-state index contributed by atoms with van der Waals surface area (Å²) in [6.45, 7) is 8.86. The van der Waals surface area contributed by atoms with Gasteiger partial charge in [-0.3, -0.25) is 15.1 Å². The molecule has 0 aliphatic carbocycles. The molecule has 0 aromatic heterocycles. The zero-order valence-corrected chi connectivity index (χ0v) is 11.6. The van der Waals surface area contributed by atoms with Crippen LogP contribution in [0.3, 0.4) is 0 Å². The van der Waals surface area contributed by atoms with Gasteiger partial charge in [-0.2, -0.15) is 0 Å². The fourth-order valence-electron chi connectivity index (χ4n) is 2.50. The number of aliphatic imine (C=N–C) groups is 1. The Morgan fingerprint density at radius 1 is 1.39 bits per heavy atom. The molecule has 1 amide bonds. The van der Waals surface area contributed by atoms with Crippen LogP contribution in [-0.4, -0.2) is 36.2 Å². The highest BCUT2D eigenvalue weighted by molar-refractivity contribution is 6.09. The Kier molecular flexibility index (Phi) is 3.61. The van der Waals surface area contributed by atoms with E-state index < -0.39 is 5.54 Å². The molecule has 1 spiro atoms. The molecule has 5 heteroatoms. The number of hydrogen-bond acceptors (Lipinski definition) is 3. The summed E-state index contributed by atoms with van der Waals surface area (Å²) in [5.41, 5.74) is -0.513. The van der Waals surface area contributed by atoms with Crippen molar-refractivity contribution in [2.24, 2.45) is 10.9 Å². The van der Waals surface area contributed by atoms with Gasteiger partial charge in [-0.05, 0) is 19.8 Å². The molecule has 0 saturated carbocycles. The van der Waals surface area contributed by atoms with Crippen LogP contribution in [0.2, 0.25) is 0 Å². The SMILES string of the molecule is CC(C)N=C1NC(=O)C2(CCOC(C(C)C)C2)N1. The fourth-order valence-corrected chi connectivity index (χ4v) is 2.50. The molecule has 102 valence electrons. The van der Waals surface area contributed by atoms with Crippen molar-refractivity contribution in [3.05, 3.63) is 0 Å². The van der Waals surface area contributed by atoms with E-state index in [1.807, 2.05) is 13.8 Å². The molecule has 2 rings (SSSR count). The quantitative estimate of drug-likeness (QED) is 0.773. The maximum absolute atomic E-state index is 12.2. The predicted molar refractivity (Wildman–Crippen MR) is 70.4 cm³/mol. The molecule has 2 aliphatic rings. The van der Waals surface area contributed by atoms with Gasteiger partial charge >= 0.3 is 0 Å². The first-order valence-electron chi connectivity index (χ1n) is 6.72. The number of nitrogens with one attached hydrogen (secondary N) is 2. The van der Waals surface area contributed by atoms with Crippen molar-refractivity contribution in [1.29, 1.82) is 0 Å². The molecular weight excluding hydrogens is 230 g/mol. The van der Waals surface area contributed by atoms with Crippen molar-refractivity contribution in [3.63, 3.8) is 0 Å². The van der Waals surface area contributed by atoms with Crippen LogP contribution in [0.15, 0.2) is 4.99 Å². The minimum Gasteiger partial charge on any atom is -0.378 e. The highest BCUT2D eigenvalue weighted by Gasteiger charge is 2.49. The number of nitrogens with zero attached hydrogens (tertiary/aromatic N) is 1.